The van der Waals surface area contributed by atoms with Crippen LogP contribution in [-0.2, 0) is 9.31 Å². The van der Waals surface area contributed by atoms with Crippen molar-refractivity contribution in [3.63, 3.8) is 0 Å². The molecular formula is C15H22BClN2O2. The molecule has 0 atom stereocenters. The van der Waals surface area contributed by atoms with Crippen molar-refractivity contribution in [1.82, 2.24) is 10.3 Å². The Hall–Kier alpha value is -0.875. The number of nitrogens with one attached hydrogen (secondary N) is 1. The van der Waals surface area contributed by atoms with Crippen LogP contribution in [0.2, 0.25) is 5.02 Å². The Morgan fingerprint density at radius 1 is 1.33 bits per heavy atom. The number of aromatic nitrogens is 1. The Labute approximate surface area is 132 Å². The van der Waals surface area contributed by atoms with E-state index in [1.54, 1.807) is 12.3 Å². The van der Waals surface area contributed by atoms with Gasteiger partial charge in [-0.05, 0) is 58.4 Å². The highest BCUT2D eigenvalue weighted by Crippen LogP contribution is 2.38. The zero-order valence-electron chi connectivity index (χ0n) is 13.2. The summed E-state index contributed by atoms with van der Waals surface area (Å²) < 4.78 is 12.2. The highest BCUT2D eigenvalue weighted by molar-refractivity contribution is 6.55. The van der Waals surface area contributed by atoms with E-state index < -0.39 is 0 Å². The first-order chi connectivity index (χ1) is 9.75. The van der Waals surface area contributed by atoms with Crippen molar-refractivity contribution in [3.05, 3.63) is 34.5 Å². The molecule has 0 aliphatic carbocycles. The van der Waals surface area contributed by atoms with Crippen molar-refractivity contribution < 1.29 is 9.31 Å². The summed E-state index contributed by atoms with van der Waals surface area (Å²) >= 11 is 6.01. The minimum atomic E-state index is -0.386. The lowest BCUT2D eigenvalue weighted by atomic mass is 9.77. The average Bonchev–Trinajstić information content (AvgIpc) is 2.58. The van der Waals surface area contributed by atoms with Gasteiger partial charge in [0.2, 0.25) is 0 Å². The van der Waals surface area contributed by atoms with E-state index >= 15 is 0 Å². The molecule has 1 fully saturated rings. The maximum Gasteiger partial charge on any atom is 0.491 e. The van der Waals surface area contributed by atoms with E-state index in [9.17, 15) is 0 Å². The lowest BCUT2D eigenvalue weighted by molar-refractivity contribution is 0.00578. The SMILES string of the molecule is CNCC(=Cc1cc(Cl)ccn1)B1OC(C)(C)C(C)(C)O1. The number of hydrogen-bond acceptors (Lipinski definition) is 4. The van der Waals surface area contributed by atoms with E-state index in [1.807, 2.05) is 46.9 Å². The summed E-state index contributed by atoms with van der Waals surface area (Å²) in [6, 6.07) is 3.58. The van der Waals surface area contributed by atoms with Crippen LogP contribution in [0.4, 0.5) is 0 Å². The summed E-state index contributed by atoms with van der Waals surface area (Å²) in [7, 11) is 1.51. The zero-order chi connectivity index (χ0) is 15.7. The van der Waals surface area contributed by atoms with Crippen LogP contribution < -0.4 is 5.32 Å². The fourth-order valence-corrected chi connectivity index (χ4v) is 2.26. The molecule has 1 aliphatic rings. The van der Waals surface area contributed by atoms with Gasteiger partial charge in [-0.15, -0.1) is 0 Å². The molecule has 21 heavy (non-hydrogen) atoms. The molecule has 2 rings (SSSR count). The van der Waals surface area contributed by atoms with Gasteiger partial charge in [0.25, 0.3) is 0 Å². The first-order valence-electron chi connectivity index (χ1n) is 7.07. The summed E-state index contributed by atoms with van der Waals surface area (Å²) in [5, 5.41) is 3.81. The Morgan fingerprint density at radius 3 is 2.48 bits per heavy atom. The summed E-state index contributed by atoms with van der Waals surface area (Å²) in [4.78, 5) is 4.31. The molecular weight excluding hydrogens is 286 g/mol. The van der Waals surface area contributed by atoms with Gasteiger partial charge >= 0.3 is 7.12 Å². The van der Waals surface area contributed by atoms with Crippen molar-refractivity contribution in [1.29, 1.82) is 0 Å². The molecule has 1 N–H and O–H groups in total. The molecule has 4 nitrogen and oxygen atoms in total. The summed E-state index contributed by atoms with van der Waals surface area (Å²) in [5.41, 5.74) is 1.08. The molecule has 0 saturated carbocycles. The molecule has 0 aromatic carbocycles. The normalized spacial score (nSPS) is 20.9. The third-order valence-corrected chi connectivity index (χ3v) is 4.25. The fourth-order valence-electron chi connectivity index (χ4n) is 2.09. The van der Waals surface area contributed by atoms with Crippen molar-refractivity contribution in [2.45, 2.75) is 38.9 Å². The van der Waals surface area contributed by atoms with E-state index in [0.717, 1.165) is 11.2 Å². The Balaban J connectivity index is 2.28. The first-order valence-corrected chi connectivity index (χ1v) is 7.45. The second-order valence-electron chi connectivity index (χ2n) is 6.24. The van der Waals surface area contributed by atoms with E-state index in [0.29, 0.717) is 11.6 Å². The molecule has 2 heterocycles. The van der Waals surface area contributed by atoms with Crippen molar-refractivity contribution in [2.75, 3.05) is 13.6 Å². The highest BCUT2D eigenvalue weighted by Gasteiger charge is 2.52. The quantitative estimate of drug-likeness (QED) is 0.869. The lowest BCUT2D eigenvalue weighted by Gasteiger charge is -2.32. The Bertz CT molecular complexity index is 530. The van der Waals surface area contributed by atoms with Crippen LogP contribution in [0, 0.1) is 0 Å². The van der Waals surface area contributed by atoms with Crippen molar-refractivity contribution in [2.24, 2.45) is 0 Å². The number of nitrogens with zero attached hydrogens (tertiary/aromatic N) is 1. The third kappa shape index (κ3) is 3.66. The molecule has 1 saturated heterocycles. The summed E-state index contributed by atoms with van der Waals surface area (Å²) in [6.45, 7) is 8.83. The van der Waals surface area contributed by atoms with E-state index in [2.05, 4.69) is 10.3 Å². The van der Waals surface area contributed by atoms with Gasteiger partial charge in [0.15, 0.2) is 0 Å². The maximum absolute atomic E-state index is 6.09. The number of likely N-dealkylation sites (N-methyl/N-ethyl adjacent to an activating group) is 1. The van der Waals surface area contributed by atoms with Crippen LogP contribution in [0.15, 0.2) is 23.8 Å². The second kappa shape index (κ2) is 6.09. The van der Waals surface area contributed by atoms with Gasteiger partial charge in [-0.25, -0.2) is 0 Å². The highest BCUT2D eigenvalue weighted by atomic mass is 35.5. The van der Waals surface area contributed by atoms with E-state index in [4.69, 9.17) is 20.9 Å². The van der Waals surface area contributed by atoms with Gasteiger partial charge in [-0.2, -0.15) is 0 Å². The molecule has 1 aliphatic heterocycles. The molecule has 6 heteroatoms. The van der Waals surface area contributed by atoms with Gasteiger partial charge in [0, 0.05) is 17.8 Å². The predicted octanol–water partition coefficient (Wildman–Crippen LogP) is 2.97. The molecule has 0 spiro atoms. The van der Waals surface area contributed by atoms with Gasteiger partial charge < -0.3 is 14.6 Å². The van der Waals surface area contributed by atoms with Crippen LogP contribution in [0.25, 0.3) is 6.08 Å². The largest absolute Gasteiger partial charge is 0.491 e. The monoisotopic (exact) mass is 308 g/mol. The predicted molar refractivity (Wildman–Crippen MR) is 87.2 cm³/mol. The van der Waals surface area contributed by atoms with Crippen LogP contribution in [0.1, 0.15) is 33.4 Å². The number of halogens is 1. The van der Waals surface area contributed by atoms with E-state index in [-0.39, 0.29) is 18.3 Å². The van der Waals surface area contributed by atoms with Gasteiger partial charge in [-0.3, -0.25) is 4.98 Å². The molecule has 0 unspecified atom stereocenters. The smallest absolute Gasteiger partial charge is 0.400 e. The Kier molecular flexibility index (Phi) is 4.78. The van der Waals surface area contributed by atoms with Crippen LogP contribution in [0.5, 0.6) is 0 Å². The van der Waals surface area contributed by atoms with Crippen molar-refractivity contribution >= 4 is 24.8 Å². The molecule has 0 radical (unpaired) electrons. The number of pyridine rings is 1. The van der Waals surface area contributed by atoms with Crippen LogP contribution in [-0.4, -0.2) is 36.9 Å². The zero-order valence-corrected chi connectivity index (χ0v) is 14.0. The van der Waals surface area contributed by atoms with Gasteiger partial charge in [0.05, 0.1) is 16.9 Å². The van der Waals surface area contributed by atoms with Crippen LogP contribution in [0.3, 0.4) is 0 Å². The van der Waals surface area contributed by atoms with Gasteiger partial charge in [-0.1, -0.05) is 11.6 Å². The summed E-state index contributed by atoms with van der Waals surface area (Å²) in [5.74, 6) is 0. The topological polar surface area (TPSA) is 43.4 Å². The third-order valence-electron chi connectivity index (χ3n) is 4.01. The first kappa shape index (κ1) is 16.5. The summed E-state index contributed by atoms with van der Waals surface area (Å²) in [6.07, 6.45) is 3.65. The minimum Gasteiger partial charge on any atom is -0.400 e. The van der Waals surface area contributed by atoms with Crippen LogP contribution >= 0.6 is 11.6 Å². The molecule has 1 aromatic rings. The minimum absolute atomic E-state index is 0.355. The average molecular weight is 309 g/mol. The lowest BCUT2D eigenvalue weighted by Crippen LogP contribution is -2.41. The van der Waals surface area contributed by atoms with E-state index in [1.165, 1.54) is 0 Å². The molecule has 0 amide bonds. The number of rotatable bonds is 4. The van der Waals surface area contributed by atoms with Gasteiger partial charge in [0.1, 0.15) is 0 Å². The second-order valence-corrected chi connectivity index (χ2v) is 6.67. The molecule has 114 valence electrons. The standard InChI is InChI=1S/C15H22BClN2O2/c1-14(2)15(3,4)21-16(20-14)11(10-18-5)8-13-9-12(17)6-7-19-13/h6-9,18H,10H2,1-5H3. The molecule has 1 aromatic heterocycles. The maximum atomic E-state index is 6.09. The molecule has 0 bridgehead atoms. The van der Waals surface area contributed by atoms with Crippen molar-refractivity contribution in [3.8, 4) is 0 Å². The Morgan fingerprint density at radius 2 is 1.95 bits per heavy atom. The fraction of sp³-hybridized carbons (Fsp3) is 0.533. The number of hydrogen-bond donors (Lipinski definition) is 1.